The summed E-state index contributed by atoms with van der Waals surface area (Å²) < 4.78 is 38.7. The lowest BCUT2D eigenvalue weighted by molar-refractivity contribution is -0.273. The topological polar surface area (TPSA) is 65.5 Å². The van der Waals surface area contributed by atoms with E-state index in [1.54, 1.807) is 0 Å². The number of alkyl halides is 3. The third kappa shape index (κ3) is 3.51. The molecule has 2 aliphatic rings. The summed E-state index contributed by atoms with van der Waals surface area (Å²) in [6.45, 7) is -0.388. The van der Waals surface area contributed by atoms with E-state index < -0.39 is 24.2 Å². The fourth-order valence-corrected chi connectivity index (χ4v) is 4.16. The Balaban J connectivity index is 1.57. The normalized spacial score (nSPS) is 25.4. The number of fused-ring (bicyclic) bond motifs is 1. The average molecular weight is 349 g/mol. The van der Waals surface area contributed by atoms with Crippen LogP contribution in [0.4, 0.5) is 18.3 Å². The van der Waals surface area contributed by atoms with E-state index in [0.29, 0.717) is 11.7 Å². The van der Waals surface area contributed by atoms with Gasteiger partial charge in [-0.1, -0.05) is 0 Å². The molecule has 128 valence electrons. The van der Waals surface area contributed by atoms with Crippen LogP contribution in [-0.2, 0) is 17.6 Å². The van der Waals surface area contributed by atoms with E-state index in [2.05, 4.69) is 10.3 Å². The Bertz CT molecular complexity index is 583. The van der Waals surface area contributed by atoms with Crippen molar-refractivity contribution in [2.24, 2.45) is 0 Å². The zero-order valence-electron chi connectivity index (χ0n) is 12.4. The van der Waals surface area contributed by atoms with Crippen molar-refractivity contribution in [2.45, 2.75) is 43.9 Å². The molecule has 2 N–H and O–H groups in total. The van der Waals surface area contributed by atoms with E-state index in [1.165, 1.54) is 21.1 Å². The number of rotatable bonds is 3. The molecule has 1 aromatic rings. The lowest BCUT2D eigenvalue weighted by Gasteiger charge is -2.39. The van der Waals surface area contributed by atoms with Crippen LogP contribution in [0.15, 0.2) is 0 Å². The van der Waals surface area contributed by atoms with Crippen molar-refractivity contribution in [3.05, 3.63) is 10.6 Å². The zero-order chi connectivity index (χ0) is 16.7. The summed E-state index contributed by atoms with van der Waals surface area (Å²) in [5.74, 6) is -0.399. The monoisotopic (exact) mass is 349 g/mol. The molecule has 0 bridgehead atoms. The number of aryl methyl sites for hydroxylation is 2. The Hall–Kier alpha value is -1.19. The Morgan fingerprint density at radius 2 is 2.17 bits per heavy atom. The minimum atomic E-state index is -4.68. The molecule has 3 rings (SSSR count). The van der Waals surface area contributed by atoms with Crippen molar-refractivity contribution in [3.63, 3.8) is 0 Å². The predicted molar refractivity (Wildman–Crippen MR) is 79.4 cm³/mol. The molecule has 5 nitrogen and oxygen atoms in total. The lowest BCUT2D eigenvalue weighted by atomic mass is 9.92. The molecule has 1 aliphatic heterocycles. The van der Waals surface area contributed by atoms with E-state index in [4.69, 9.17) is 0 Å². The van der Waals surface area contributed by atoms with Gasteiger partial charge in [-0.2, -0.15) is 13.2 Å². The van der Waals surface area contributed by atoms with Crippen molar-refractivity contribution in [1.82, 2.24) is 9.88 Å². The number of carbonyl (C=O) groups excluding carboxylic acids is 1. The largest absolute Gasteiger partial charge is 0.418 e. The van der Waals surface area contributed by atoms with E-state index in [-0.39, 0.29) is 19.4 Å². The maximum atomic E-state index is 12.9. The van der Waals surface area contributed by atoms with Gasteiger partial charge in [-0.15, -0.1) is 11.3 Å². The highest BCUT2D eigenvalue weighted by Crippen LogP contribution is 2.37. The number of aliphatic hydroxyl groups is 1. The molecule has 1 unspecified atom stereocenters. The van der Waals surface area contributed by atoms with E-state index >= 15 is 0 Å². The van der Waals surface area contributed by atoms with Crippen LogP contribution in [0.2, 0.25) is 0 Å². The Kier molecular flexibility index (Phi) is 4.37. The number of hydrogen-bond acceptors (Lipinski definition) is 5. The number of carbonyl (C=O) groups is 1. The number of nitrogens with one attached hydrogen (secondary N) is 1. The van der Waals surface area contributed by atoms with Crippen LogP contribution in [0.1, 0.15) is 29.8 Å². The number of hydrogen-bond donors (Lipinski definition) is 2. The van der Waals surface area contributed by atoms with Gasteiger partial charge in [0.1, 0.15) is 0 Å². The molecule has 1 atom stereocenters. The Morgan fingerprint density at radius 1 is 1.39 bits per heavy atom. The number of piperidine rings is 1. The number of aromatic nitrogens is 1. The summed E-state index contributed by atoms with van der Waals surface area (Å²) in [5.41, 5.74) is -1.72. The first-order chi connectivity index (χ1) is 10.8. The SMILES string of the molecule is O=C(CN1CCCC(O)(C(F)(F)F)C1)Nc1nc2c(s1)CCC2. The second-order valence-electron chi connectivity index (χ2n) is 6.13. The highest BCUT2D eigenvalue weighted by atomic mass is 32.1. The van der Waals surface area contributed by atoms with Crippen LogP contribution >= 0.6 is 11.3 Å². The zero-order valence-corrected chi connectivity index (χ0v) is 13.3. The predicted octanol–water partition coefficient (Wildman–Crippen LogP) is 1.96. The summed E-state index contributed by atoms with van der Waals surface area (Å²) in [6, 6.07) is 0. The van der Waals surface area contributed by atoms with Gasteiger partial charge in [-0.25, -0.2) is 4.98 Å². The van der Waals surface area contributed by atoms with Gasteiger partial charge in [0.2, 0.25) is 5.91 Å². The highest BCUT2D eigenvalue weighted by molar-refractivity contribution is 7.15. The van der Waals surface area contributed by atoms with E-state index in [9.17, 15) is 23.1 Å². The summed E-state index contributed by atoms with van der Waals surface area (Å²) in [7, 11) is 0. The number of β-amino-alcohol motifs (C(OH)–C–C–N with tert-alkyl or cyclic N) is 1. The van der Waals surface area contributed by atoms with Gasteiger partial charge in [0, 0.05) is 11.4 Å². The average Bonchev–Trinajstić information content (AvgIpc) is 2.98. The van der Waals surface area contributed by atoms with Crippen LogP contribution in [0.3, 0.4) is 0 Å². The third-order valence-corrected chi connectivity index (χ3v) is 5.36. The van der Waals surface area contributed by atoms with Crippen LogP contribution in [0.5, 0.6) is 0 Å². The van der Waals surface area contributed by atoms with Gasteiger partial charge >= 0.3 is 6.18 Å². The summed E-state index contributed by atoms with van der Waals surface area (Å²) in [4.78, 5) is 18.9. The number of thiazole rings is 1. The second kappa shape index (κ2) is 6.03. The first-order valence-electron chi connectivity index (χ1n) is 7.57. The second-order valence-corrected chi connectivity index (χ2v) is 7.22. The number of anilines is 1. The van der Waals surface area contributed by atoms with Gasteiger partial charge in [0.15, 0.2) is 10.7 Å². The molecular weight excluding hydrogens is 331 g/mol. The fourth-order valence-electron chi connectivity index (χ4n) is 3.10. The van der Waals surface area contributed by atoms with Gasteiger partial charge in [-0.05, 0) is 38.6 Å². The van der Waals surface area contributed by atoms with Gasteiger partial charge in [-0.3, -0.25) is 9.69 Å². The molecule has 23 heavy (non-hydrogen) atoms. The molecular formula is C14H18F3N3O2S. The van der Waals surface area contributed by atoms with Crippen molar-refractivity contribution >= 4 is 22.4 Å². The lowest BCUT2D eigenvalue weighted by Crippen LogP contribution is -2.57. The van der Waals surface area contributed by atoms with E-state index in [1.807, 2.05) is 0 Å². The van der Waals surface area contributed by atoms with Crippen LogP contribution in [0, 0.1) is 0 Å². The Labute approximate surface area is 135 Å². The van der Waals surface area contributed by atoms with E-state index in [0.717, 1.165) is 25.0 Å². The van der Waals surface area contributed by atoms with Crippen LogP contribution in [-0.4, -0.2) is 52.3 Å². The molecule has 0 radical (unpaired) electrons. The maximum absolute atomic E-state index is 12.9. The van der Waals surface area contributed by atoms with Gasteiger partial charge < -0.3 is 10.4 Å². The number of amides is 1. The first-order valence-corrected chi connectivity index (χ1v) is 8.38. The quantitative estimate of drug-likeness (QED) is 0.876. The summed E-state index contributed by atoms with van der Waals surface area (Å²) in [5, 5.41) is 12.9. The molecule has 1 aliphatic carbocycles. The highest BCUT2D eigenvalue weighted by Gasteiger charge is 2.55. The van der Waals surface area contributed by atoms with Crippen LogP contribution in [0.25, 0.3) is 0 Å². The van der Waals surface area contributed by atoms with Gasteiger partial charge in [0.05, 0.1) is 12.2 Å². The number of likely N-dealkylation sites (tertiary alicyclic amines) is 1. The fraction of sp³-hybridized carbons (Fsp3) is 0.714. The first kappa shape index (κ1) is 16.7. The molecule has 2 heterocycles. The molecule has 1 fully saturated rings. The number of halogens is 3. The molecule has 9 heteroatoms. The van der Waals surface area contributed by atoms with Crippen molar-refractivity contribution in [3.8, 4) is 0 Å². The maximum Gasteiger partial charge on any atom is 0.418 e. The third-order valence-electron chi connectivity index (χ3n) is 4.29. The van der Waals surface area contributed by atoms with Gasteiger partial charge in [0.25, 0.3) is 0 Å². The van der Waals surface area contributed by atoms with Crippen molar-refractivity contribution < 1.29 is 23.1 Å². The summed E-state index contributed by atoms with van der Waals surface area (Å²) in [6.07, 6.45) is -1.85. The molecule has 1 saturated heterocycles. The van der Waals surface area contributed by atoms with Crippen molar-refractivity contribution in [1.29, 1.82) is 0 Å². The standard InChI is InChI=1S/C14H18F3N3O2S/c15-14(16,17)13(22)5-2-6-20(8-13)7-11(21)19-12-18-9-3-1-4-10(9)23-12/h22H,1-8H2,(H,18,19,21). The minimum absolute atomic E-state index is 0.178. The molecule has 1 amide bonds. The number of nitrogens with zero attached hydrogens (tertiary/aromatic N) is 2. The molecule has 0 spiro atoms. The molecule has 0 aromatic carbocycles. The molecule has 1 aromatic heterocycles. The molecule has 0 saturated carbocycles. The Morgan fingerprint density at radius 3 is 2.87 bits per heavy atom. The smallest absolute Gasteiger partial charge is 0.379 e. The minimum Gasteiger partial charge on any atom is -0.379 e. The van der Waals surface area contributed by atoms with Crippen molar-refractivity contribution in [2.75, 3.05) is 25.0 Å². The van der Waals surface area contributed by atoms with Crippen LogP contribution < -0.4 is 5.32 Å². The summed E-state index contributed by atoms with van der Waals surface area (Å²) >= 11 is 1.43.